The quantitative estimate of drug-likeness (QED) is 0.624. The molecule has 1 fully saturated rings. The average molecular weight is 431 g/mol. The maximum absolute atomic E-state index is 14.0. The van der Waals surface area contributed by atoms with Gasteiger partial charge in [-0.25, -0.2) is 4.39 Å². The van der Waals surface area contributed by atoms with Gasteiger partial charge in [0.1, 0.15) is 5.82 Å². The first kappa shape index (κ1) is 21.2. The molecule has 1 unspecified atom stereocenters. The SMILES string of the molecule is O=C(Nc1ccccc1)c1cccc(CNC(=O)C2CC(=O)N(c3ccccc3F)C2)c1. The standard InChI is InChI=1S/C25H22FN3O3/c26-21-11-4-5-12-22(21)29-16-19(14-23(29)30)24(31)27-15-17-7-6-8-18(13-17)25(32)28-20-9-2-1-3-10-20/h1-13,19H,14-16H2,(H,27,31)(H,28,32). The first-order valence-electron chi connectivity index (χ1n) is 10.3. The molecule has 0 spiro atoms. The molecular formula is C25H22FN3O3. The monoisotopic (exact) mass is 431 g/mol. The Labute approximate surface area is 185 Å². The summed E-state index contributed by atoms with van der Waals surface area (Å²) >= 11 is 0. The zero-order valence-electron chi connectivity index (χ0n) is 17.3. The third kappa shape index (κ3) is 4.83. The van der Waals surface area contributed by atoms with Gasteiger partial charge in [0.2, 0.25) is 11.8 Å². The second kappa shape index (κ2) is 9.43. The molecule has 4 rings (SSSR count). The number of hydrogen-bond acceptors (Lipinski definition) is 3. The summed E-state index contributed by atoms with van der Waals surface area (Å²) in [5.74, 6) is -1.86. The Morgan fingerprint density at radius 3 is 2.50 bits per heavy atom. The van der Waals surface area contributed by atoms with E-state index in [1.807, 2.05) is 24.3 Å². The highest BCUT2D eigenvalue weighted by molar-refractivity contribution is 6.04. The molecule has 7 heteroatoms. The number of benzene rings is 3. The highest BCUT2D eigenvalue weighted by Gasteiger charge is 2.35. The average Bonchev–Trinajstić information content (AvgIpc) is 3.20. The van der Waals surface area contributed by atoms with E-state index in [1.54, 1.807) is 42.5 Å². The number of nitrogens with zero attached hydrogens (tertiary/aromatic N) is 1. The molecule has 0 bridgehead atoms. The maximum atomic E-state index is 14.0. The van der Waals surface area contributed by atoms with Crippen molar-refractivity contribution in [3.63, 3.8) is 0 Å². The van der Waals surface area contributed by atoms with Crippen molar-refractivity contribution in [2.24, 2.45) is 5.92 Å². The minimum atomic E-state index is -0.563. The first-order valence-corrected chi connectivity index (χ1v) is 10.3. The Hall–Kier alpha value is -4.00. The van der Waals surface area contributed by atoms with Gasteiger partial charge in [0.25, 0.3) is 5.91 Å². The minimum Gasteiger partial charge on any atom is -0.352 e. The van der Waals surface area contributed by atoms with Gasteiger partial charge in [-0.3, -0.25) is 14.4 Å². The molecule has 3 aromatic carbocycles. The fraction of sp³-hybridized carbons (Fsp3) is 0.160. The Bertz CT molecular complexity index is 1150. The number of nitrogens with one attached hydrogen (secondary N) is 2. The zero-order valence-corrected chi connectivity index (χ0v) is 17.3. The predicted molar refractivity (Wildman–Crippen MR) is 120 cm³/mol. The van der Waals surface area contributed by atoms with E-state index in [0.29, 0.717) is 11.3 Å². The third-order valence-corrected chi connectivity index (χ3v) is 5.33. The molecule has 0 saturated carbocycles. The molecule has 1 aliphatic rings. The van der Waals surface area contributed by atoms with E-state index < -0.39 is 11.7 Å². The van der Waals surface area contributed by atoms with Crippen LogP contribution in [0.2, 0.25) is 0 Å². The molecule has 3 amide bonds. The number of amides is 3. The lowest BCUT2D eigenvalue weighted by atomic mass is 10.1. The van der Waals surface area contributed by atoms with Crippen LogP contribution in [-0.4, -0.2) is 24.3 Å². The van der Waals surface area contributed by atoms with Gasteiger partial charge >= 0.3 is 0 Å². The number of carbonyl (C=O) groups excluding carboxylic acids is 3. The summed E-state index contributed by atoms with van der Waals surface area (Å²) < 4.78 is 14.0. The lowest BCUT2D eigenvalue weighted by molar-refractivity contribution is -0.126. The van der Waals surface area contributed by atoms with Crippen molar-refractivity contribution in [1.82, 2.24) is 5.32 Å². The third-order valence-electron chi connectivity index (χ3n) is 5.33. The largest absolute Gasteiger partial charge is 0.352 e. The van der Waals surface area contributed by atoms with Crippen LogP contribution in [0.3, 0.4) is 0 Å². The fourth-order valence-corrected chi connectivity index (χ4v) is 3.67. The Morgan fingerprint density at radius 1 is 0.969 bits per heavy atom. The number of carbonyl (C=O) groups is 3. The van der Waals surface area contributed by atoms with Crippen LogP contribution in [0.15, 0.2) is 78.9 Å². The second-order valence-corrected chi connectivity index (χ2v) is 7.60. The zero-order chi connectivity index (χ0) is 22.5. The van der Waals surface area contributed by atoms with Crippen molar-refractivity contribution < 1.29 is 18.8 Å². The van der Waals surface area contributed by atoms with Crippen molar-refractivity contribution in [2.45, 2.75) is 13.0 Å². The molecule has 1 heterocycles. The molecular weight excluding hydrogens is 409 g/mol. The molecule has 0 aliphatic carbocycles. The fourth-order valence-electron chi connectivity index (χ4n) is 3.67. The van der Waals surface area contributed by atoms with E-state index in [4.69, 9.17) is 0 Å². The number of rotatable bonds is 6. The summed E-state index contributed by atoms with van der Waals surface area (Å²) in [7, 11) is 0. The van der Waals surface area contributed by atoms with Gasteiger partial charge in [0, 0.05) is 30.8 Å². The molecule has 1 atom stereocenters. The number of para-hydroxylation sites is 2. The highest BCUT2D eigenvalue weighted by atomic mass is 19.1. The summed E-state index contributed by atoms with van der Waals surface area (Å²) in [4.78, 5) is 38.7. The Balaban J connectivity index is 1.35. The van der Waals surface area contributed by atoms with Crippen LogP contribution >= 0.6 is 0 Å². The summed E-state index contributed by atoms with van der Waals surface area (Å²) in [6.07, 6.45) is 0.0275. The summed E-state index contributed by atoms with van der Waals surface area (Å²) in [5, 5.41) is 5.65. The van der Waals surface area contributed by atoms with Gasteiger partial charge in [0.15, 0.2) is 0 Å². The summed E-state index contributed by atoms with van der Waals surface area (Å²) in [6, 6.07) is 22.1. The smallest absolute Gasteiger partial charge is 0.255 e. The molecule has 3 aromatic rings. The van der Waals surface area contributed by atoms with E-state index in [-0.39, 0.29) is 42.9 Å². The van der Waals surface area contributed by atoms with Crippen molar-refractivity contribution in [3.8, 4) is 0 Å². The number of halogens is 1. The number of hydrogen-bond donors (Lipinski definition) is 2. The van der Waals surface area contributed by atoms with Gasteiger partial charge in [-0.05, 0) is 42.0 Å². The van der Waals surface area contributed by atoms with Crippen molar-refractivity contribution >= 4 is 29.1 Å². The van der Waals surface area contributed by atoms with Crippen LogP contribution in [0.4, 0.5) is 15.8 Å². The van der Waals surface area contributed by atoms with Gasteiger partial charge < -0.3 is 15.5 Å². The highest BCUT2D eigenvalue weighted by Crippen LogP contribution is 2.27. The molecule has 1 aliphatic heterocycles. The van der Waals surface area contributed by atoms with Crippen LogP contribution in [0.5, 0.6) is 0 Å². The minimum absolute atomic E-state index is 0.0275. The van der Waals surface area contributed by atoms with E-state index >= 15 is 0 Å². The molecule has 2 N–H and O–H groups in total. The molecule has 162 valence electrons. The van der Waals surface area contributed by atoms with Crippen LogP contribution in [0, 0.1) is 11.7 Å². The second-order valence-electron chi connectivity index (χ2n) is 7.60. The van der Waals surface area contributed by atoms with Crippen molar-refractivity contribution in [2.75, 3.05) is 16.8 Å². The van der Waals surface area contributed by atoms with Gasteiger partial charge in [-0.2, -0.15) is 0 Å². The summed E-state index contributed by atoms with van der Waals surface area (Å²) in [6.45, 7) is 0.348. The van der Waals surface area contributed by atoms with E-state index in [9.17, 15) is 18.8 Å². The summed E-state index contributed by atoms with van der Waals surface area (Å²) in [5.41, 5.74) is 2.11. The van der Waals surface area contributed by atoms with Crippen molar-refractivity contribution in [1.29, 1.82) is 0 Å². The van der Waals surface area contributed by atoms with Crippen LogP contribution < -0.4 is 15.5 Å². The van der Waals surface area contributed by atoms with Gasteiger partial charge in [-0.1, -0.05) is 42.5 Å². The van der Waals surface area contributed by atoms with Gasteiger partial charge in [0.05, 0.1) is 11.6 Å². The molecule has 6 nitrogen and oxygen atoms in total. The van der Waals surface area contributed by atoms with Crippen LogP contribution in [-0.2, 0) is 16.1 Å². The molecule has 0 radical (unpaired) electrons. The van der Waals surface area contributed by atoms with Crippen LogP contribution in [0.1, 0.15) is 22.3 Å². The maximum Gasteiger partial charge on any atom is 0.255 e. The first-order chi connectivity index (χ1) is 15.5. The normalized spacial score (nSPS) is 15.5. The number of anilines is 2. The van der Waals surface area contributed by atoms with Crippen molar-refractivity contribution in [3.05, 3.63) is 95.8 Å². The molecule has 32 heavy (non-hydrogen) atoms. The van der Waals surface area contributed by atoms with Gasteiger partial charge in [-0.15, -0.1) is 0 Å². The molecule has 0 aromatic heterocycles. The molecule has 1 saturated heterocycles. The van der Waals surface area contributed by atoms with E-state index in [0.717, 1.165) is 5.56 Å². The lowest BCUT2D eigenvalue weighted by Crippen LogP contribution is -2.32. The predicted octanol–water partition coefficient (Wildman–Crippen LogP) is 3.75. The Morgan fingerprint density at radius 2 is 1.72 bits per heavy atom. The topological polar surface area (TPSA) is 78.5 Å². The van der Waals surface area contributed by atoms with E-state index in [1.165, 1.54) is 17.0 Å². The lowest BCUT2D eigenvalue weighted by Gasteiger charge is -2.17. The van der Waals surface area contributed by atoms with E-state index in [2.05, 4.69) is 10.6 Å². The van der Waals surface area contributed by atoms with Crippen LogP contribution in [0.25, 0.3) is 0 Å². The Kier molecular flexibility index (Phi) is 6.26.